The van der Waals surface area contributed by atoms with E-state index in [0.29, 0.717) is 0 Å². The van der Waals surface area contributed by atoms with Crippen LogP contribution >= 0.6 is 0 Å². The van der Waals surface area contributed by atoms with Crippen molar-refractivity contribution in [1.29, 1.82) is 0 Å². The van der Waals surface area contributed by atoms with Gasteiger partial charge in [-0.25, -0.2) is 0 Å². The molecule has 1 heterocycles. The Bertz CT molecular complexity index is 213. The molecule has 0 spiro atoms. The second-order valence-corrected chi connectivity index (χ2v) is 5.80. The van der Waals surface area contributed by atoms with E-state index < -0.39 is 0 Å². The van der Waals surface area contributed by atoms with Gasteiger partial charge in [0.1, 0.15) is 0 Å². The number of nitrogens with one attached hydrogen (secondary N) is 1. The van der Waals surface area contributed by atoms with Crippen LogP contribution in [-0.4, -0.2) is 36.1 Å². The van der Waals surface area contributed by atoms with E-state index in [1.54, 1.807) is 0 Å². The molecule has 1 N–H and O–H groups in total. The highest BCUT2D eigenvalue weighted by Crippen LogP contribution is 2.38. The van der Waals surface area contributed by atoms with Crippen LogP contribution in [0.2, 0.25) is 0 Å². The molecule has 2 heteroatoms. The molecule has 94 valence electrons. The number of hydrogen-bond acceptors (Lipinski definition) is 2. The minimum atomic E-state index is 0.724. The predicted octanol–water partition coefficient (Wildman–Crippen LogP) is 2.64. The topological polar surface area (TPSA) is 15.3 Å². The van der Waals surface area contributed by atoms with E-state index in [1.807, 2.05) is 0 Å². The highest BCUT2D eigenvalue weighted by molar-refractivity contribution is 4.94. The van der Waals surface area contributed by atoms with Crippen LogP contribution in [0.15, 0.2) is 0 Å². The van der Waals surface area contributed by atoms with E-state index >= 15 is 0 Å². The van der Waals surface area contributed by atoms with Crippen molar-refractivity contribution in [3.63, 3.8) is 0 Å². The molecule has 1 aliphatic carbocycles. The minimum Gasteiger partial charge on any atom is -0.312 e. The van der Waals surface area contributed by atoms with Gasteiger partial charge in [-0.2, -0.15) is 0 Å². The number of fused-ring (bicyclic) bond motifs is 2. The molecule has 1 saturated carbocycles. The summed E-state index contributed by atoms with van der Waals surface area (Å²) in [4.78, 5) is 2.75. The smallest absolute Gasteiger partial charge is 0.0195 e. The summed E-state index contributed by atoms with van der Waals surface area (Å²) in [6, 6.07) is 2.38. The molecular formula is C14H28N2. The van der Waals surface area contributed by atoms with Crippen molar-refractivity contribution in [2.45, 2.75) is 71.0 Å². The first-order valence-electron chi connectivity index (χ1n) is 7.23. The zero-order valence-electron chi connectivity index (χ0n) is 11.2. The molecule has 2 rings (SSSR count). The molecular weight excluding hydrogens is 196 g/mol. The zero-order chi connectivity index (χ0) is 11.5. The highest BCUT2D eigenvalue weighted by atomic mass is 15.2. The molecule has 0 aromatic heterocycles. The van der Waals surface area contributed by atoms with Gasteiger partial charge in [0.05, 0.1) is 0 Å². The number of rotatable bonds is 6. The second kappa shape index (κ2) is 5.50. The van der Waals surface area contributed by atoms with Crippen molar-refractivity contribution in [1.82, 2.24) is 10.2 Å². The van der Waals surface area contributed by atoms with Crippen LogP contribution in [0, 0.1) is 5.92 Å². The molecule has 16 heavy (non-hydrogen) atoms. The van der Waals surface area contributed by atoms with Crippen LogP contribution < -0.4 is 5.32 Å². The molecule has 0 amide bonds. The number of hydrogen-bond donors (Lipinski definition) is 1. The maximum atomic E-state index is 3.71. The van der Waals surface area contributed by atoms with Gasteiger partial charge >= 0.3 is 0 Å². The van der Waals surface area contributed by atoms with Gasteiger partial charge in [0, 0.05) is 31.2 Å². The summed E-state index contributed by atoms with van der Waals surface area (Å²) in [5.41, 5.74) is 0. The lowest BCUT2D eigenvalue weighted by atomic mass is 10.1. The standard InChI is InChI=1S/C14H28N2/c1-4-13(5-2)15-9-11(3)16-10-12-6-7-14(16)8-12/h11-15H,4-10H2,1-3H3. The lowest BCUT2D eigenvalue weighted by Crippen LogP contribution is -2.46. The van der Waals surface area contributed by atoms with Gasteiger partial charge in [0.25, 0.3) is 0 Å². The highest BCUT2D eigenvalue weighted by Gasteiger charge is 2.39. The quantitative estimate of drug-likeness (QED) is 0.746. The second-order valence-electron chi connectivity index (χ2n) is 5.80. The van der Waals surface area contributed by atoms with E-state index in [1.165, 1.54) is 45.2 Å². The van der Waals surface area contributed by atoms with Gasteiger partial charge in [0.15, 0.2) is 0 Å². The van der Waals surface area contributed by atoms with E-state index in [0.717, 1.165) is 24.0 Å². The third-order valence-electron chi connectivity index (χ3n) is 4.71. The van der Waals surface area contributed by atoms with Gasteiger partial charge in [-0.05, 0) is 44.9 Å². The van der Waals surface area contributed by atoms with Gasteiger partial charge in [-0.1, -0.05) is 13.8 Å². The maximum Gasteiger partial charge on any atom is 0.0195 e. The number of piperidine rings is 1. The monoisotopic (exact) mass is 224 g/mol. The molecule has 0 aromatic rings. The Morgan fingerprint density at radius 3 is 2.50 bits per heavy atom. The van der Waals surface area contributed by atoms with Gasteiger partial charge in [0.2, 0.25) is 0 Å². The van der Waals surface area contributed by atoms with Crippen molar-refractivity contribution < 1.29 is 0 Å². The Balaban J connectivity index is 1.73. The van der Waals surface area contributed by atoms with Crippen LogP contribution in [0.5, 0.6) is 0 Å². The fraction of sp³-hybridized carbons (Fsp3) is 1.00. The van der Waals surface area contributed by atoms with Crippen LogP contribution in [0.1, 0.15) is 52.9 Å². The third-order valence-corrected chi connectivity index (χ3v) is 4.71. The molecule has 2 aliphatic rings. The van der Waals surface area contributed by atoms with Crippen molar-refractivity contribution in [2.24, 2.45) is 5.92 Å². The summed E-state index contributed by atoms with van der Waals surface area (Å²) in [6.45, 7) is 9.51. The molecule has 3 unspecified atom stereocenters. The average molecular weight is 224 g/mol. The van der Waals surface area contributed by atoms with E-state index in [4.69, 9.17) is 0 Å². The van der Waals surface area contributed by atoms with Crippen LogP contribution in [0.25, 0.3) is 0 Å². The summed E-state index contributed by atoms with van der Waals surface area (Å²) >= 11 is 0. The molecule has 1 aliphatic heterocycles. The molecule has 1 saturated heterocycles. The Morgan fingerprint density at radius 1 is 1.25 bits per heavy atom. The lowest BCUT2D eigenvalue weighted by Gasteiger charge is -2.33. The predicted molar refractivity (Wildman–Crippen MR) is 69.7 cm³/mol. The van der Waals surface area contributed by atoms with E-state index in [2.05, 4.69) is 31.0 Å². The fourth-order valence-corrected chi connectivity index (χ4v) is 3.53. The molecule has 0 radical (unpaired) electrons. The summed E-state index contributed by atoms with van der Waals surface area (Å²) in [6.07, 6.45) is 6.95. The maximum absolute atomic E-state index is 3.71. The molecule has 2 nitrogen and oxygen atoms in total. The number of likely N-dealkylation sites (tertiary alicyclic amines) is 1. The van der Waals surface area contributed by atoms with E-state index in [9.17, 15) is 0 Å². The first kappa shape index (κ1) is 12.4. The van der Waals surface area contributed by atoms with E-state index in [-0.39, 0.29) is 0 Å². The van der Waals surface area contributed by atoms with Gasteiger partial charge < -0.3 is 5.32 Å². The van der Waals surface area contributed by atoms with Crippen molar-refractivity contribution in [3.05, 3.63) is 0 Å². The summed E-state index contributed by atoms with van der Waals surface area (Å²) in [5.74, 6) is 1.03. The first-order chi connectivity index (χ1) is 7.74. The van der Waals surface area contributed by atoms with Crippen molar-refractivity contribution >= 4 is 0 Å². The largest absolute Gasteiger partial charge is 0.312 e. The Kier molecular flexibility index (Phi) is 4.26. The lowest BCUT2D eigenvalue weighted by molar-refractivity contribution is 0.153. The van der Waals surface area contributed by atoms with Crippen LogP contribution in [0.3, 0.4) is 0 Å². The summed E-state index contributed by atoms with van der Waals surface area (Å²) in [5, 5.41) is 3.71. The van der Waals surface area contributed by atoms with Gasteiger partial charge in [-0.15, -0.1) is 0 Å². The fourth-order valence-electron chi connectivity index (χ4n) is 3.53. The molecule has 0 aromatic carbocycles. The molecule has 2 bridgehead atoms. The Hall–Kier alpha value is -0.0800. The van der Waals surface area contributed by atoms with Gasteiger partial charge in [-0.3, -0.25) is 4.90 Å². The number of nitrogens with zero attached hydrogens (tertiary/aromatic N) is 1. The van der Waals surface area contributed by atoms with Crippen molar-refractivity contribution in [3.8, 4) is 0 Å². The SMILES string of the molecule is CCC(CC)NCC(C)N1CC2CCC1C2. The van der Waals surface area contributed by atoms with Crippen LogP contribution in [-0.2, 0) is 0 Å². The summed E-state index contributed by atoms with van der Waals surface area (Å²) in [7, 11) is 0. The minimum absolute atomic E-state index is 0.724. The molecule has 2 fully saturated rings. The zero-order valence-corrected chi connectivity index (χ0v) is 11.2. The summed E-state index contributed by atoms with van der Waals surface area (Å²) < 4.78 is 0. The van der Waals surface area contributed by atoms with Crippen LogP contribution in [0.4, 0.5) is 0 Å². The average Bonchev–Trinajstić information content (AvgIpc) is 2.91. The van der Waals surface area contributed by atoms with Crippen molar-refractivity contribution in [2.75, 3.05) is 13.1 Å². The third kappa shape index (κ3) is 2.60. The first-order valence-corrected chi connectivity index (χ1v) is 7.23. The molecule has 3 atom stereocenters. The normalized spacial score (nSPS) is 31.5. The Labute approximate surface area is 101 Å². The Morgan fingerprint density at radius 2 is 2.00 bits per heavy atom.